The van der Waals surface area contributed by atoms with Crippen molar-refractivity contribution in [3.63, 3.8) is 0 Å². The van der Waals surface area contributed by atoms with Crippen LogP contribution in [0.4, 0.5) is 0 Å². The molecule has 0 aromatic heterocycles. The van der Waals surface area contributed by atoms with Crippen molar-refractivity contribution >= 4 is 11.9 Å². The fourth-order valence-corrected chi connectivity index (χ4v) is 2.57. The van der Waals surface area contributed by atoms with Crippen molar-refractivity contribution in [2.24, 2.45) is 0 Å². The molecule has 130 valence electrons. The molecule has 0 radical (unpaired) electrons. The van der Waals surface area contributed by atoms with Crippen LogP contribution in [0, 0.1) is 11.8 Å². The van der Waals surface area contributed by atoms with E-state index in [9.17, 15) is 9.59 Å². The average Bonchev–Trinajstić information content (AvgIpc) is 2.57. The van der Waals surface area contributed by atoms with Gasteiger partial charge in [-0.25, -0.2) is 9.59 Å². The van der Waals surface area contributed by atoms with Gasteiger partial charge in [0.25, 0.3) is 0 Å². The van der Waals surface area contributed by atoms with E-state index >= 15 is 0 Å². The van der Waals surface area contributed by atoms with Gasteiger partial charge in [-0.3, -0.25) is 0 Å². The Balaban J connectivity index is 1.65. The van der Waals surface area contributed by atoms with E-state index in [1.807, 2.05) is 26.2 Å². The zero-order valence-electron chi connectivity index (χ0n) is 14.3. The molecule has 0 saturated carbocycles. The topological polar surface area (TPSA) is 59.1 Å². The van der Waals surface area contributed by atoms with E-state index in [2.05, 4.69) is 21.6 Å². The Kier molecular flexibility index (Phi) is 7.04. The third kappa shape index (κ3) is 5.84. The van der Waals surface area contributed by atoms with Crippen molar-refractivity contribution in [3.05, 3.63) is 23.3 Å². The van der Waals surface area contributed by atoms with Crippen molar-refractivity contribution in [2.75, 3.05) is 53.5 Å². The smallest absolute Gasteiger partial charge is 0.335 e. The van der Waals surface area contributed by atoms with Crippen molar-refractivity contribution < 1.29 is 19.1 Å². The number of ether oxygens (including phenoxy) is 2. The Labute approximate surface area is 143 Å². The molecule has 0 aromatic rings. The highest BCUT2D eigenvalue weighted by Crippen LogP contribution is 2.10. The maximum atomic E-state index is 11.8. The van der Waals surface area contributed by atoms with Gasteiger partial charge >= 0.3 is 11.9 Å². The van der Waals surface area contributed by atoms with E-state index in [0.717, 1.165) is 25.9 Å². The standard InChI is InChI=1S/C18H24N2O4/c1-19-9-5-7-15(13-19)17(21)23-11-3-4-12-24-18(22)16-8-6-10-20(2)14-16/h7-8H,5-6,9-14H2,1-2H3. The molecule has 0 bridgehead atoms. The van der Waals surface area contributed by atoms with Crippen LogP contribution in [0.3, 0.4) is 0 Å². The second kappa shape index (κ2) is 9.26. The minimum Gasteiger partial charge on any atom is -0.449 e. The maximum Gasteiger partial charge on any atom is 0.335 e. The highest BCUT2D eigenvalue weighted by molar-refractivity contribution is 5.89. The summed E-state index contributed by atoms with van der Waals surface area (Å²) in [5, 5.41) is 0. The molecule has 0 saturated heterocycles. The van der Waals surface area contributed by atoms with Gasteiger partial charge in [-0.15, -0.1) is 0 Å². The van der Waals surface area contributed by atoms with Gasteiger partial charge in [-0.1, -0.05) is 24.0 Å². The maximum absolute atomic E-state index is 11.8. The third-order valence-corrected chi connectivity index (χ3v) is 3.88. The fourth-order valence-electron chi connectivity index (χ4n) is 2.57. The number of esters is 2. The predicted octanol–water partition coefficient (Wildman–Crippen LogP) is 0.600. The molecule has 2 aliphatic rings. The quantitative estimate of drug-likeness (QED) is 0.555. The molecule has 2 aliphatic heterocycles. The Morgan fingerprint density at radius 3 is 1.71 bits per heavy atom. The summed E-state index contributed by atoms with van der Waals surface area (Å²) in [6.07, 6.45) is 5.53. The van der Waals surface area contributed by atoms with E-state index in [4.69, 9.17) is 9.47 Å². The van der Waals surface area contributed by atoms with Crippen LogP contribution < -0.4 is 0 Å². The van der Waals surface area contributed by atoms with Crippen molar-refractivity contribution in [2.45, 2.75) is 12.8 Å². The first-order valence-electron chi connectivity index (χ1n) is 8.11. The molecule has 6 heteroatoms. The third-order valence-electron chi connectivity index (χ3n) is 3.88. The second-order valence-corrected chi connectivity index (χ2v) is 6.02. The van der Waals surface area contributed by atoms with Crippen LogP contribution in [0.1, 0.15) is 12.8 Å². The number of carbonyl (C=O) groups is 2. The highest BCUT2D eigenvalue weighted by atomic mass is 16.5. The van der Waals surface area contributed by atoms with Gasteiger partial charge in [0.2, 0.25) is 0 Å². The van der Waals surface area contributed by atoms with E-state index in [-0.39, 0.29) is 25.2 Å². The van der Waals surface area contributed by atoms with Gasteiger partial charge in [-0.05, 0) is 26.9 Å². The number of likely N-dealkylation sites (N-methyl/N-ethyl adjacent to an activating group) is 2. The lowest BCUT2D eigenvalue weighted by atomic mass is 10.1. The second-order valence-electron chi connectivity index (χ2n) is 6.02. The Hall–Kier alpha value is -2.10. The average molecular weight is 332 g/mol. The highest BCUT2D eigenvalue weighted by Gasteiger charge is 2.17. The number of rotatable bonds is 4. The van der Waals surface area contributed by atoms with Crippen molar-refractivity contribution in [3.8, 4) is 11.8 Å². The van der Waals surface area contributed by atoms with E-state index in [1.54, 1.807) is 0 Å². The number of nitrogens with zero attached hydrogens (tertiary/aromatic N) is 2. The summed E-state index contributed by atoms with van der Waals surface area (Å²) in [4.78, 5) is 27.8. The number of carbonyl (C=O) groups excluding carboxylic acids is 2. The predicted molar refractivity (Wildman–Crippen MR) is 90.1 cm³/mol. The molecule has 0 atom stereocenters. The van der Waals surface area contributed by atoms with Crippen molar-refractivity contribution in [1.29, 1.82) is 0 Å². The van der Waals surface area contributed by atoms with E-state index < -0.39 is 0 Å². The molecule has 24 heavy (non-hydrogen) atoms. The molecule has 0 amide bonds. The molecule has 0 aromatic carbocycles. The summed E-state index contributed by atoms with van der Waals surface area (Å²) < 4.78 is 10.2. The van der Waals surface area contributed by atoms with Gasteiger partial charge in [0.05, 0.1) is 0 Å². The van der Waals surface area contributed by atoms with Gasteiger partial charge in [0.1, 0.15) is 0 Å². The summed E-state index contributed by atoms with van der Waals surface area (Å²) in [6, 6.07) is 0. The van der Waals surface area contributed by atoms with Crippen LogP contribution in [0.25, 0.3) is 0 Å². The van der Waals surface area contributed by atoms with Crippen LogP contribution >= 0.6 is 0 Å². The van der Waals surface area contributed by atoms with Crippen LogP contribution in [0.5, 0.6) is 0 Å². The zero-order chi connectivity index (χ0) is 17.4. The molecule has 0 N–H and O–H groups in total. The largest absolute Gasteiger partial charge is 0.449 e. The molecular weight excluding hydrogens is 308 g/mol. The lowest BCUT2D eigenvalue weighted by Gasteiger charge is -2.21. The van der Waals surface area contributed by atoms with Crippen molar-refractivity contribution in [1.82, 2.24) is 9.80 Å². The van der Waals surface area contributed by atoms with E-state index in [1.165, 1.54) is 0 Å². The van der Waals surface area contributed by atoms with Gasteiger partial charge in [0, 0.05) is 37.3 Å². The molecule has 2 rings (SSSR count). The minimum atomic E-state index is -0.330. The fraction of sp³-hybridized carbons (Fsp3) is 0.556. The molecular formula is C18H24N2O4. The first-order chi connectivity index (χ1) is 11.6. The number of hydrogen-bond donors (Lipinski definition) is 0. The molecule has 0 aliphatic carbocycles. The SMILES string of the molecule is CN1CCC=C(C(=O)OCC#CCOC(=O)C2=CCCN(C)C2)C1. The molecule has 6 nitrogen and oxygen atoms in total. The first-order valence-corrected chi connectivity index (χ1v) is 8.11. The summed E-state index contributed by atoms with van der Waals surface area (Å²) in [6.45, 7) is 3.12. The molecule has 0 spiro atoms. The molecule has 0 unspecified atom stereocenters. The van der Waals surface area contributed by atoms with Gasteiger partial charge in [-0.2, -0.15) is 0 Å². The van der Waals surface area contributed by atoms with E-state index in [0.29, 0.717) is 24.2 Å². The zero-order valence-corrected chi connectivity index (χ0v) is 14.3. The lowest BCUT2D eigenvalue weighted by molar-refractivity contribution is -0.139. The first kappa shape index (κ1) is 18.2. The van der Waals surface area contributed by atoms with Crippen LogP contribution in [-0.2, 0) is 19.1 Å². The summed E-state index contributed by atoms with van der Waals surface area (Å²) in [5.74, 6) is 4.72. The van der Waals surface area contributed by atoms with Crippen LogP contribution in [-0.4, -0.2) is 75.2 Å². The molecule has 0 fully saturated rings. The Bertz CT molecular complexity index is 548. The van der Waals surface area contributed by atoms with Gasteiger partial charge in [0.15, 0.2) is 13.2 Å². The number of hydrogen-bond acceptors (Lipinski definition) is 6. The lowest BCUT2D eigenvalue weighted by Crippen LogP contribution is -2.29. The minimum absolute atomic E-state index is 0.00285. The Morgan fingerprint density at radius 2 is 1.33 bits per heavy atom. The molecule has 2 heterocycles. The van der Waals surface area contributed by atoms with Crippen LogP contribution in [0.2, 0.25) is 0 Å². The summed E-state index contributed by atoms with van der Waals surface area (Å²) >= 11 is 0. The summed E-state index contributed by atoms with van der Waals surface area (Å²) in [5.41, 5.74) is 1.34. The Morgan fingerprint density at radius 1 is 0.917 bits per heavy atom. The van der Waals surface area contributed by atoms with Crippen LogP contribution in [0.15, 0.2) is 23.3 Å². The summed E-state index contributed by atoms with van der Waals surface area (Å²) in [7, 11) is 3.93. The monoisotopic (exact) mass is 332 g/mol. The normalized spacial score (nSPS) is 18.8. The van der Waals surface area contributed by atoms with Gasteiger partial charge < -0.3 is 19.3 Å².